The highest BCUT2D eigenvalue weighted by Gasteiger charge is 2.44. The summed E-state index contributed by atoms with van der Waals surface area (Å²) in [5.41, 5.74) is 1.42. The molecular weight excluding hydrogens is 369 g/mol. The Balaban J connectivity index is 1.40. The second-order valence-electron chi connectivity index (χ2n) is 7.26. The van der Waals surface area contributed by atoms with E-state index in [9.17, 15) is 22.8 Å². The SMILES string of the molecule is O=C(Nc1cccc(N2CCCC2=O)c1)C1CC1c1ccc(C(F)(F)F)cc1. The Hall–Kier alpha value is -2.83. The van der Waals surface area contributed by atoms with E-state index in [-0.39, 0.29) is 23.7 Å². The number of alkyl halides is 3. The fraction of sp³-hybridized carbons (Fsp3) is 0.333. The Labute approximate surface area is 160 Å². The maximum Gasteiger partial charge on any atom is 0.416 e. The molecule has 0 aromatic heterocycles. The molecule has 28 heavy (non-hydrogen) atoms. The maximum atomic E-state index is 12.7. The zero-order valence-electron chi connectivity index (χ0n) is 15.0. The van der Waals surface area contributed by atoms with Crippen LogP contribution in [0.5, 0.6) is 0 Å². The molecule has 0 spiro atoms. The van der Waals surface area contributed by atoms with Crippen molar-refractivity contribution < 1.29 is 22.8 Å². The number of benzene rings is 2. The van der Waals surface area contributed by atoms with Crippen LogP contribution in [-0.4, -0.2) is 18.4 Å². The monoisotopic (exact) mass is 388 g/mol. The average molecular weight is 388 g/mol. The van der Waals surface area contributed by atoms with E-state index in [0.717, 1.165) is 29.8 Å². The molecule has 2 aliphatic rings. The standard InChI is InChI=1S/C21H19F3N2O2/c22-21(23,24)14-8-6-13(7-9-14)17-12-18(17)20(28)25-15-3-1-4-16(11-15)26-10-2-5-19(26)27/h1,3-4,6-9,11,17-18H,2,5,10,12H2,(H,25,28). The van der Waals surface area contributed by atoms with E-state index in [1.807, 2.05) is 6.07 Å². The zero-order valence-corrected chi connectivity index (χ0v) is 15.0. The molecule has 0 radical (unpaired) electrons. The minimum atomic E-state index is -4.36. The molecule has 2 atom stereocenters. The smallest absolute Gasteiger partial charge is 0.326 e. The number of rotatable bonds is 4. The number of amides is 2. The van der Waals surface area contributed by atoms with Gasteiger partial charge in [0.1, 0.15) is 0 Å². The summed E-state index contributed by atoms with van der Waals surface area (Å²) in [5, 5.41) is 2.86. The van der Waals surface area contributed by atoms with Crippen molar-refractivity contribution in [1.29, 1.82) is 0 Å². The van der Waals surface area contributed by atoms with Gasteiger partial charge in [-0.3, -0.25) is 9.59 Å². The zero-order chi connectivity index (χ0) is 19.9. The van der Waals surface area contributed by atoms with Gasteiger partial charge in [-0.15, -0.1) is 0 Å². The van der Waals surface area contributed by atoms with Crippen molar-refractivity contribution in [1.82, 2.24) is 0 Å². The molecule has 1 aliphatic carbocycles. The van der Waals surface area contributed by atoms with Crippen molar-refractivity contribution in [3.8, 4) is 0 Å². The van der Waals surface area contributed by atoms with Gasteiger partial charge in [-0.25, -0.2) is 0 Å². The van der Waals surface area contributed by atoms with E-state index in [1.54, 1.807) is 23.1 Å². The van der Waals surface area contributed by atoms with Crippen molar-refractivity contribution in [3.05, 3.63) is 59.7 Å². The van der Waals surface area contributed by atoms with Gasteiger partial charge in [0.05, 0.1) is 5.56 Å². The summed E-state index contributed by atoms with van der Waals surface area (Å²) in [7, 11) is 0. The number of anilines is 2. The van der Waals surface area contributed by atoms with Gasteiger partial charge >= 0.3 is 6.18 Å². The van der Waals surface area contributed by atoms with Gasteiger partial charge < -0.3 is 10.2 Å². The molecule has 1 saturated carbocycles. The third-order valence-electron chi connectivity index (χ3n) is 5.29. The molecule has 2 aromatic rings. The number of nitrogens with zero attached hydrogens (tertiary/aromatic N) is 1. The number of hydrogen-bond donors (Lipinski definition) is 1. The highest BCUT2D eigenvalue weighted by atomic mass is 19.4. The summed E-state index contributed by atoms with van der Waals surface area (Å²) in [5.74, 6) is -0.401. The van der Waals surface area contributed by atoms with Gasteiger partial charge in [0.15, 0.2) is 0 Å². The van der Waals surface area contributed by atoms with E-state index < -0.39 is 11.7 Å². The predicted octanol–water partition coefficient (Wildman–Crippen LogP) is 4.57. The lowest BCUT2D eigenvalue weighted by Gasteiger charge is -2.16. The Morgan fingerprint density at radius 2 is 1.86 bits per heavy atom. The van der Waals surface area contributed by atoms with Crippen LogP contribution in [0, 0.1) is 5.92 Å². The molecule has 146 valence electrons. The van der Waals surface area contributed by atoms with Crippen molar-refractivity contribution >= 4 is 23.2 Å². The lowest BCUT2D eigenvalue weighted by molar-refractivity contribution is -0.137. The summed E-state index contributed by atoms with van der Waals surface area (Å²) >= 11 is 0. The van der Waals surface area contributed by atoms with Crippen LogP contribution in [0.3, 0.4) is 0 Å². The van der Waals surface area contributed by atoms with Crippen molar-refractivity contribution in [2.75, 3.05) is 16.8 Å². The normalized spacial score (nSPS) is 21.7. The first-order valence-electron chi connectivity index (χ1n) is 9.21. The fourth-order valence-electron chi connectivity index (χ4n) is 3.68. The molecule has 1 aliphatic heterocycles. The number of nitrogens with one attached hydrogen (secondary N) is 1. The van der Waals surface area contributed by atoms with Crippen LogP contribution in [0.1, 0.15) is 36.3 Å². The molecule has 7 heteroatoms. The largest absolute Gasteiger partial charge is 0.416 e. The first-order valence-corrected chi connectivity index (χ1v) is 9.21. The highest BCUT2D eigenvalue weighted by Crippen LogP contribution is 2.48. The van der Waals surface area contributed by atoms with E-state index in [1.165, 1.54) is 12.1 Å². The van der Waals surface area contributed by atoms with E-state index in [0.29, 0.717) is 25.1 Å². The van der Waals surface area contributed by atoms with Crippen LogP contribution < -0.4 is 10.2 Å². The van der Waals surface area contributed by atoms with Crippen molar-refractivity contribution in [3.63, 3.8) is 0 Å². The average Bonchev–Trinajstić information content (AvgIpc) is 3.35. The highest BCUT2D eigenvalue weighted by molar-refractivity contribution is 5.98. The van der Waals surface area contributed by atoms with E-state index >= 15 is 0 Å². The van der Waals surface area contributed by atoms with Gasteiger partial charge in [0, 0.05) is 30.3 Å². The van der Waals surface area contributed by atoms with Crippen molar-refractivity contribution in [2.45, 2.75) is 31.4 Å². The third-order valence-corrected chi connectivity index (χ3v) is 5.29. The van der Waals surface area contributed by atoms with Gasteiger partial charge in [-0.2, -0.15) is 13.2 Å². The van der Waals surface area contributed by atoms with Crippen LogP contribution >= 0.6 is 0 Å². The van der Waals surface area contributed by atoms with E-state index in [2.05, 4.69) is 5.32 Å². The van der Waals surface area contributed by atoms with Crippen LogP contribution in [-0.2, 0) is 15.8 Å². The lowest BCUT2D eigenvalue weighted by Crippen LogP contribution is -2.23. The molecule has 1 heterocycles. The number of halogens is 3. The minimum Gasteiger partial charge on any atom is -0.326 e. The molecule has 1 N–H and O–H groups in total. The molecule has 0 bridgehead atoms. The molecular formula is C21H19F3N2O2. The fourth-order valence-corrected chi connectivity index (χ4v) is 3.68. The Morgan fingerprint density at radius 1 is 1.11 bits per heavy atom. The second-order valence-corrected chi connectivity index (χ2v) is 7.26. The first-order chi connectivity index (χ1) is 13.3. The molecule has 2 aromatic carbocycles. The summed E-state index contributed by atoms with van der Waals surface area (Å²) in [4.78, 5) is 26.1. The van der Waals surface area contributed by atoms with Crippen LogP contribution in [0.4, 0.5) is 24.5 Å². The van der Waals surface area contributed by atoms with Crippen LogP contribution in [0.2, 0.25) is 0 Å². The molecule has 2 amide bonds. The Kier molecular flexibility index (Phi) is 4.61. The van der Waals surface area contributed by atoms with Gasteiger partial charge in [0.25, 0.3) is 0 Å². The van der Waals surface area contributed by atoms with Gasteiger partial charge in [-0.05, 0) is 54.7 Å². The van der Waals surface area contributed by atoms with Crippen molar-refractivity contribution in [2.24, 2.45) is 5.92 Å². The summed E-state index contributed by atoms with van der Waals surface area (Å²) in [6.45, 7) is 0.675. The number of carbonyl (C=O) groups excluding carboxylic acids is 2. The number of carbonyl (C=O) groups is 2. The first kappa shape index (κ1) is 18.5. The van der Waals surface area contributed by atoms with Crippen LogP contribution in [0.25, 0.3) is 0 Å². The van der Waals surface area contributed by atoms with E-state index in [4.69, 9.17) is 0 Å². The topological polar surface area (TPSA) is 49.4 Å². The summed E-state index contributed by atoms with van der Waals surface area (Å²) in [6, 6.07) is 12.2. The molecule has 2 unspecified atom stereocenters. The number of hydrogen-bond acceptors (Lipinski definition) is 2. The predicted molar refractivity (Wildman–Crippen MR) is 99.0 cm³/mol. The summed E-state index contributed by atoms with van der Waals surface area (Å²) in [6.07, 6.45) is -2.39. The Morgan fingerprint density at radius 3 is 2.50 bits per heavy atom. The Bertz CT molecular complexity index is 909. The molecule has 1 saturated heterocycles. The molecule has 4 nitrogen and oxygen atoms in total. The molecule has 2 fully saturated rings. The quantitative estimate of drug-likeness (QED) is 0.834. The van der Waals surface area contributed by atoms with Crippen LogP contribution in [0.15, 0.2) is 48.5 Å². The lowest BCUT2D eigenvalue weighted by atomic mass is 10.1. The maximum absolute atomic E-state index is 12.7. The minimum absolute atomic E-state index is 0.0642. The second kappa shape index (κ2) is 6.96. The van der Waals surface area contributed by atoms with Gasteiger partial charge in [-0.1, -0.05) is 18.2 Å². The third kappa shape index (κ3) is 3.74. The van der Waals surface area contributed by atoms with Gasteiger partial charge in [0.2, 0.25) is 11.8 Å². The summed E-state index contributed by atoms with van der Waals surface area (Å²) < 4.78 is 38.0. The molecule has 4 rings (SSSR count).